The van der Waals surface area contributed by atoms with Gasteiger partial charge >= 0.3 is 0 Å². The number of amides is 1. The summed E-state index contributed by atoms with van der Waals surface area (Å²) in [5.41, 5.74) is 2.37. The molecule has 3 heterocycles. The Morgan fingerprint density at radius 2 is 2.09 bits per heavy atom. The van der Waals surface area contributed by atoms with Gasteiger partial charge in [0.1, 0.15) is 5.76 Å². The van der Waals surface area contributed by atoms with Gasteiger partial charge in [-0.1, -0.05) is 5.16 Å². The van der Waals surface area contributed by atoms with Crippen molar-refractivity contribution in [3.8, 4) is 0 Å². The summed E-state index contributed by atoms with van der Waals surface area (Å²) >= 11 is 1.70. The number of piperazine rings is 1. The highest BCUT2D eigenvalue weighted by Crippen LogP contribution is 2.31. The molecule has 2 aromatic rings. The third kappa shape index (κ3) is 3.05. The maximum absolute atomic E-state index is 12.7. The Kier molecular flexibility index (Phi) is 3.95. The molecule has 122 valence electrons. The van der Waals surface area contributed by atoms with E-state index >= 15 is 0 Å². The van der Waals surface area contributed by atoms with E-state index in [9.17, 15) is 4.79 Å². The first-order valence-corrected chi connectivity index (χ1v) is 9.06. The number of hydrogen-bond acceptors (Lipinski definition) is 5. The minimum atomic E-state index is 0.210. The van der Waals surface area contributed by atoms with Gasteiger partial charge in [0.05, 0.1) is 10.6 Å². The maximum atomic E-state index is 12.7. The lowest BCUT2D eigenvalue weighted by Crippen LogP contribution is -2.48. The molecular formula is C17H21N3O2S. The van der Waals surface area contributed by atoms with Gasteiger partial charge in [-0.15, -0.1) is 11.3 Å². The molecule has 6 heteroatoms. The maximum Gasteiger partial charge on any atom is 0.264 e. The molecule has 2 aliphatic rings. The summed E-state index contributed by atoms with van der Waals surface area (Å²) in [5, 5.41) is 4.04. The first kappa shape index (κ1) is 14.9. The SMILES string of the molecule is Cc1cc(CN2CCN(C(=O)c3cc4c(s3)CCC4)CC2)no1. The Hall–Kier alpha value is -1.66. The molecular weight excluding hydrogens is 310 g/mol. The van der Waals surface area contributed by atoms with Gasteiger partial charge in [-0.05, 0) is 37.8 Å². The highest BCUT2D eigenvalue weighted by molar-refractivity contribution is 7.14. The molecule has 0 spiro atoms. The van der Waals surface area contributed by atoms with Crippen LogP contribution in [0.2, 0.25) is 0 Å². The summed E-state index contributed by atoms with van der Waals surface area (Å²) in [5.74, 6) is 1.06. The second-order valence-corrected chi connectivity index (χ2v) is 7.55. The summed E-state index contributed by atoms with van der Waals surface area (Å²) in [6, 6.07) is 4.10. The lowest BCUT2D eigenvalue weighted by Gasteiger charge is -2.34. The van der Waals surface area contributed by atoms with Gasteiger partial charge in [-0.25, -0.2) is 0 Å². The summed E-state index contributed by atoms with van der Waals surface area (Å²) in [6.07, 6.45) is 3.54. The highest BCUT2D eigenvalue weighted by Gasteiger charge is 2.25. The molecule has 1 aliphatic heterocycles. The fraction of sp³-hybridized carbons (Fsp3) is 0.529. The second kappa shape index (κ2) is 6.09. The quantitative estimate of drug-likeness (QED) is 0.867. The molecule has 1 aliphatic carbocycles. The molecule has 4 rings (SSSR count). The zero-order chi connectivity index (χ0) is 15.8. The van der Waals surface area contributed by atoms with E-state index in [1.165, 1.54) is 16.9 Å². The van der Waals surface area contributed by atoms with Gasteiger partial charge in [0, 0.05) is 43.7 Å². The summed E-state index contributed by atoms with van der Waals surface area (Å²) in [7, 11) is 0. The standard InChI is InChI=1S/C17H21N3O2S/c1-12-9-14(18-22-12)11-19-5-7-20(8-6-19)17(21)16-10-13-3-2-4-15(13)23-16/h9-10H,2-8,11H2,1H3. The van der Waals surface area contributed by atoms with E-state index in [-0.39, 0.29) is 5.91 Å². The van der Waals surface area contributed by atoms with Crippen molar-refractivity contribution in [1.29, 1.82) is 0 Å². The molecule has 1 fully saturated rings. The lowest BCUT2D eigenvalue weighted by atomic mass is 10.2. The molecule has 5 nitrogen and oxygen atoms in total. The van der Waals surface area contributed by atoms with Crippen LogP contribution >= 0.6 is 11.3 Å². The Labute approximate surface area is 139 Å². The van der Waals surface area contributed by atoms with Crippen LogP contribution in [0.3, 0.4) is 0 Å². The Balaban J connectivity index is 1.34. The third-order valence-electron chi connectivity index (χ3n) is 4.68. The Morgan fingerprint density at radius 1 is 1.26 bits per heavy atom. The van der Waals surface area contributed by atoms with E-state index in [2.05, 4.69) is 16.1 Å². The number of hydrogen-bond donors (Lipinski definition) is 0. The zero-order valence-electron chi connectivity index (χ0n) is 13.4. The molecule has 0 N–H and O–H groups in total. The van der Waals surface area contributed by atoms with Crippen molar-refractivity contribution < 1.29 is 9.32 Å². The number of thiophene rings is 1. The first-order valence-electron chi connectivity index (χ1n) is 8.24. The number of aromatic nitrogens is 1. The highest BCUT2D eigenvalue weighted by atomic mass is 32.1. The molecule has 1 saturated heterocycles. The van der Waals surface area contributed by atoms with Crippen molar-refractivity contribution in [3.05, 3.63) is 38.9 Å². The van der Waals surface area contributed by atoms with Crippen LogP contribution in [0, 0.1) is 6.92 Å². The van der Waals surface area contributed by atoms with E-state index in [0.717, 1.165) is 61.9 Å². The van der Waals surface area contributed by atoms with Crippen LogP contribution < -0.4 is 0 Å². The van der Waals surface area contributed by atoms with Crippen LogP contribution in [0.1, 0.15) is 38.0 Å². The van der Waals surface area contributed by atoms with Gasteiger partial charge in [-0.3, -0.25) is 9.69 Å². The number of aryl methyl sites for hydroxylation is 3. The van der Waals surface area contributed by atoms with Crippen molar-refractivity contribution in [2.75, 3.05) is 26.2 Å². The van der Waals surface area contributed by atoms with Crippen molar-refractivity contribution in [2.45, 2.75) is 32.7 Å². The molecule has 23 heavy (non-hydrogen) atoms. The molecule has 1 amide bonds. The number of carbonyl (C=O) groups excluding carboxylic acids is 1. The molecule has 0 saturated carbocycles. The zero-order valence-corrected chi connectivity index (χ0v) is 14.2. The van der Waals surface area contributed by atoms with E-state index in [0.29, 0.717) is 0 Å². The second-order valence-electron chi connectivity index (χ2n) is 6.41. The summed E-state index contributed by atoms with van der Waals surface area (Å²) in [6.45, 7) is 6.07. The third-order valence-corrected chi connectivity index (χ3v) is 5.90. The monoisotopic (exact) mass is 331 g/mol. The molecule has 0 unspecified atom stereocenters. The summed E-state index contributed by atoms with van der Waals surface area (Å²) < 4.78 is 5.11. The average molecular weight is 331 g/mol. The van der Waals surface area contributed by atoms with Crippen LogP contribution in [-0.4, -0.2) is 47.0 Å². The lowest BCUT2D eigenvalue weighted by molar-refractivity contribution is 0.0630. The molecule has 0 radical (unpaired) electrons. The van der Waals surface area contributed by atoms with Crippen LogP contribution in [0.25, 0.3) is 0 Å². The van der Waals surface area contributed by atoms with E-state index in [4.69, 9.17) is 4.52 Å². The normalized spacial score (nSPS) is 18.4. The van der Waals surface area contributed by atoms with Crippen LogP contribution in [0.15, 0.2) is 16.7 Å². The van der Waals surface area contributed by atoms with Gasteiger partial charge in [0.15, 0.2) is 0 Å². The average Bonchev–Trinajstić information content (AvgIpc) is 3.23. The first-order chi connectivity index (χ1) is 11.2. The summed E-state index contributed by atoms with van der Waals surface area (Å²) in [4.78, 5) is 19.3. The van der Waals surface area contributed by atoms with Crippen molar-refractivity contribution in [2.24, 2.45) is 0 Å². The predicted octanol–water partition coefficient (Wildman–Crippen LogP) is 2.49. The Bertz CT molecular complexity index is 692. The number of nitrogens with zero attached hydrogens (tertiary/aromatic N) is 3. The van der Waals surface area contributed by atoms with E-state index < -0.39 is 0 Å². The topological polar surface area (TPSA) is 49.6 Å². The van der Waals surface area contributed by atoms with E-state index in [1.54, 1.807) is 11.3 Å². The fourth-order valence-electron chi connectivity index (χ4n) is 3.42. The van der Waals surface area contributed by atoms with Crippen LogP contribution in [0.5, 0.6) is 0 Å². The number of fused-ring (bicyclic) bond motifs is 1. The minimum absolute atomic E-state index is 0.210. The number of rotatable bonds is 3. The van der Waals surface area contributed by atoms with Gasteiger partial charge in [0.25, 0.3) is 5.91 Å². The van der Waals surface area contributed by atoms with Crippen LogP contribution in [0.4, 0.5) is 0 Å². The fourth-order valence-corrected chi connectivity index (χ4v) is 4.64. The molecule has 2 aromatic heterocycles. The largest absolute Gasteiger partial charge is 0.361 e. The predicted molar refractivity (Wildman–Crippen MR) is 88.8 cm³/mol. The van der Waals surface area contributed by atoms with Crippen molar-refractivity contribution >= 4 is 17.2 Å². The molecule has 0 bridgehead atoms. The Morgan fingerprint density at radius 3 is 2.78 bits per heavy atom. The molecule has 0 atom stereocenters. The number of carbonyl (C=O) groups is 1. The van der Waals surface area contributed by atoms with Gasteiger partial charge < -0.3 is 9.42 Å². The van der Waals surface area contributed by atoms with Crippen molar-refractivity contribution in [1.82, 2.24) is 15.0 Å². The van der Waals surface area contributed by atoms with Gasteiger partial charge in [-0.2, -0.15) is 0 Å². The van der Waals surface area contributed by atoms with E-state index in [1.807, 2.05) is 17.9 Å². The minimum Gasteiger partial charge on any atom is -0.361 e. The van der Waals surface area contributed by atoms with Crippen molar-refractivity contribution in [3.63, 3.8) is 0 Å². The van der Waals surface area contributed by atoms with Crippen LogP contribution in [-0.2, 0) is 19.4 Å². The smallest absolute Gasteiger partial charge is 0.264 e. The molecule has 0 aromatic carbocycles. The van der Waals surface area contributed by atoms with Gasteiger partial charge in [0.2, 0.25) is 0 Å².